The molecule has 2 atom stereocenters. The summed E-state index contributed by atoms with van der Waals surface area (Å²) in [5.41, 5.74) is 0.920. The van der Waals surface area contributed by atoms with E-state index in [9.17, 15) is 4.79 Å². The van der Waals surface area contributed by atoms with E-state index in [-0.39, 0.29) is 17.9 Å². The lowest BCUT2D eigenvalue weighted by atomic mass is 9.93. The fraction of sp³-hybridized carbons (Fsp3) is 0.600. The zero-order valence-corrected chi connectivity index (χ0v) is 12.1. The molecule has 0 radical (unpaired) electrons. The number of amides is 1. The Morgan fingerprint density at radius 2 is 2.30 bits per heavy atom. The van der Waals surface area contributed by atoms with E-state index >= 15 is 0 Å². The maximum Gasteiger partial charge on any atom is 0.232 e. The molecule has 1 amide bonds. The van der Waals surface area contributed by atoms with Crippen molar-refractivity contribution in [1.29, 1.82) is 0 Å². The molecule has 0 bridgehead atoms. The van der Waals surface area contributed by atoms with Crippen molar-refractivity contribution in [3.8, 4) is 0 Å². The van der Waals surface area contributed by atoms with Crippen LogP contribution in [-0.2, 0) is 9.53 Å². The van der Waals surface area contributed by atoms with E-state index < -0.39 is 0 Å². The molecule has 1 aromatic rings. The van der Waals surface area contributed by atoms with Gasteiger partial charge in [0, 0.05) is 32.9 Å². The molecule has 0 saturated carbocycles. The van der Waals surface area contributed by atoms with Crippen LogP contribution in [0.5, 0.6) is 0 Å². The highest BCUT2D eigenvalue weighted by Gasteiger charge is 2.35. The highest BCUT2D eigenvalue weighted by molar-refractivity contribution is 5.98. The van der Waals surface area contributed by atoms with E-state index in [1.165, 1.54) is 0 Å². The molecule has 2 unspecified atom stereocenters. The number of nitrogens with zero attached hydrogens (tertiary/aromatic N) is 3. The van der Waals surface area contributed by atoms with E-state index in [1.54, 1.807) is 6.20 Å². The quantitative estimate of drug-likeness (QED) is 0.782. The van der Waals surface area contributed by atoms with Crippen molar-refractivity contribution in [1.82, 2.24) is 4.98 Å². The van der Waals surface area contributed by atoms with Gasteiger partial charge in [-0.15, -0.1) is 0 Å². The van der Waals surface area contributed by atoms with Gasteiger partial charge in [-0.25, -0.2) is 4.98 Å². The number of aromatic nitrogens is 1. The van der Waals surface area contributed by atoms with Gasteiger partial charge >= 0.3 is 0 Å². The Balaban J connectivity index is 1.87. The largest absolute Gasteiger partial charge is 0.378 e. The van der Waals surface area contributed by atoms with Crippen molar-refractivity contribution < 1.29 is 9.53 Å². The molecule has 0 spiro atoms. The summed E-state index contributed by atoms with van der Waals surface area (Å²) < 4.78 is 5.64. The molecule has 0 N–H and O–H groups in total. The molecule has 2 aliphatic heterocycles. The molecule has 108 valence electrons. The average molecular weight is 275 g/mol. The second-order valence-electron chi connectivity index (χ2n) is 5.58. The first kappa shape index (κ1) is 13.4. The lowest BCUT2D eigenvalue weighted by Gasteiger charge is -2.38. The van der Waals surface area contributed by atoms with E-state index in [1.807, 2.05) is 31.0 Å². The normalized spacial score (nSPS) is 26.3. The fourth-order valence-corrected chi connectivity index (χ4v) is 3.05. The summed E-state index contributed by atoms with van der Waals surface area (Å²) in [5.74, 6) is 1.04. The summed E-state index contributed by atoms with van der Waals surface area (Å²) in [6.45, 7) is 4.31. The van der Waals surface area contributed by atoms with Crippen LogP contribution < -0.4 is 9.80 Å². The Bertz CT molecular complexity index is 506. The van der Waals surface area contributed by atoms with Gasteiger partial charge in [-0.3, -0.25) is 4.79 Å². The van der Waals surface area contributed by atoms with Crippen molar-refractivity contribution in [2.45, 2.75) is 25.9 Å². The maximum absolute atomic E-state index is 12.8. The lowest BCUT2D eigenvalue weighted by molar-refractivity contribution is -0.130. The molecule has 5 nitrogen and oxygen atoms in total. The first-order valence-electron chi connectivity index (χ1n) is 7.27. The number of fused-ring (bicyclic) bond motifs is 1. The number of anilines is 2. The van der Waals surface area contributed by atoms with Crippen LogP contribution in [-0.4, -0.2) is 43.7 Å². The van der Waals surface area contributed by atoms with Crippen LogP contribution in [0.4, 0.5) is 11.5 Å². The minimum absolute atomic E-state index is 0.0102. The third kappa shape index (κ3) is 2.26. The summed E-state index contributed by atoms with van der Waals surface area (Å²) in [7, 11) is 2.01. The predicted molar refractivity (Wildman–Crippen MR) is 78.0 cm³/mol. The molecule has 2 aliphatic rings. The Morgan fingerprint density at radius 3 is 3.10 bits per heavy atom. The van der Waals surface area contributed by atoms with Crippen LogP contribution in [0.3, 0.4) is 0 Å². The third-order valence-corrected chi connectivity index (χ3v) is 4.27. The van der Waals surface area contributed by atoms with Crippen molar-refractivity contribution in [2.75, 3.05) is 36.5 Å². The molecule has 1 aromatic heterocycles. The number of carbonyl (C=O) groups excluding carboxylic acids is 1. The molecular formula is C15H21N3O2. The molecule has 1 saturated heterocycles. The van der Waals surface area contributed by atoms with Crippen LogP contribution in [0.2, 0.25) is 0 Å². The van der Waals surface area contributed by atoms with Crippen molar-refractivity contribution in [3.63, 3.8) is 0 Å². The Kier molecular flexibility index (Phi) is 3.61. The van der Waals surface area contributed by atoms with Gasteiger partial charge in [0.1, 0.15) is 0 Å². The number of pyridine rings is 1. The summed E-state index contributed by atoms with van der Waals surface area (Å²) in [6, 6.07) is 3.86. The van der Waals surface area contributed by atoms with Gasteiger partial charge in [-0.05, 0) is 31.9 Å². The van der Waals surface area contributed by atoms with Crippen molar-refractivity contribution >= 4 is 17.4 Å². The van der Waals surface area contributed by atoms with E-state index in [0.29, 0.717) is 0 Å². The van der Waals surface area contributed by atoms with E-state index in [4.69, 9.17) is 4.74 Å². The fourth-order valence-electron chi connectivity index (χ4n) is 3.05. The van der Waals surface area contributed by atoms with Gasteiger partial charge in [0.2, 0.25) is 5.91 Å². The summed E-state index contributed by atoms with van der Waals surface area (Å²) in [5, 5.41) is 0. The molecule has 20 heavy (non-hydrogen) atoms. The zero-order chi connectivity index (χ0) is 14.1. The van der Waals surface area contributed by atoms with Crippen molar-refractivity contribution in [3.05, 3.63) is 18.3 Å². The smallest absolute Gasteiger partial charge is 0.232 e. The molecule has 1 fully saturated rings. The van der Waals surface area contributed by atoms with Crippen LogP contribution in [0, 0.1) is 5.92 Å². The monoisotopic (exact) mass is 275 g/mol. The first-order chi connectivity index (χ1) is 9.68. The van der Waals surface area contributed by atoms with Gasteiger partial charge in [-0.2, -0.15) is 0 Å². The minimum Gasteiger partial charge on any atom is -0.378 e. The number of carbonyl (C=O) groups is 1. The second-order valence-corrected chi connectivity index (χ2v) is 5.58. The zero-order valence-electron chi connectivity index (χ0n) is 12.1. The van der Waals surface area contributed by atoms with E-state index in [2.05, 4.69) is 9.88 Å². The van der Waals surface area contributed by atoms with Crippen LogP contribution in [0.25, 0.3) is 0 Å². The average Bonchev–Trinajstić information content (AvgIpc) is 2.48. The molecular weight excluding hydrogens is 254 g/mol. The number of likely N-dealkylation sites (N-methyl/N-ethyl adjacent to an activating group) is 1. The van der Waals surface area contributed by atoms with Gasteiger partial charge in [-0.1, -0.05) is 0 Å². The van der Waals surface area contributed by atoms with Crippen LogP contribution >= 0.6 is 0 Å². The summed E-state index contributed by atoms with van der Waals surface area (Å²) >= 11 is 0. The topological polar surface area (TPSA) is 45.7 Å². The van der Waals surface area contributed by atoms with Gasteiger partial charge in [0.05, 0.1) is 17.7 Å². The molecule has 3 rings (SSSR count). The number of ether oxygens (including phenoxy) is 1. The SMILES string of the molecule is CC1OCCCC1C(=O)N1CCN(C)c2ncccc21. The number of hydrogen-bond donors (Lipinski definition) is 0. The number of hydrogen-bond acceptors (Lipinski definition) is 4. The van der Waals surface area contributed by atoms with Crippen molar-refractivity contribution in [2.24, 2.45) is 5.92 Å². The minimum atomic E-state index is -0.0276. The maximum atomic E-state index is 12.8. The lowest BCUT2D eigenvalue weighted by Crippen LogP contribution is -2.48. The Hall–Kier alpha value is -1.62. The standard InChI is InChI=1S/C15H21N3O2/c1-11-12(5-4-10-20-11)15(19)18-9-8-17(2)14-13(18)6-3-7-16-14/h3,6-7,11-12H,4-5,8-10H2,1-2H3. The number of rotatable bonds is 1. The Labute approximate surface area is 119 Å². The first-order valence-corrected chi connectivity index (χ1v) is 7.27. The summed E-state index contributed by atoms with van der Waals surface area (Å²) in [4.78, 5) is 21.2. The second kappa shape index (κ2) is 5.40. The third-order valence-electron chi connectivity index (χ3n) is 4.27. The predicted octanol–water partition coefficient (Wildman–Crippen LogP) is 1.68. The molecule has 3 heterocycles. The molecule has 0 aromatic carbocycles. The summed E-state index contributed by atoms with van der Waals surface area (Å²) in [6.07, 6.45) is 3.67. The molecule has 0 aliphatic carbocycles. The van der Waals surface area contributed by atoms with E-state index in [0.717, 1.165) is 44.0 Å². The highest BCUT2D eigenvalue weighted by Crippen LogP contribution is 2.32. The van der Waals surface area contributed by atoms with Gasteiger partial charge < -0.3 is 14.5 Å². The van der Waals surface area contributed by atoms with Gasteiger partial charge in [0.15, 0.2) is 5.82 Å². The Morgan fingerprint density at radius 1 is 1.45 bits per heavy atom. The van der Waals surface area contributed by atoms with Gasteiger partial charge in [0.25, 0.3) is 0 Å². The van der Waals surface area contributed by atoms with Crippen LogP contribution in [0.15, 0.2) is 18.3 Å². The highest BCUT2D eigenvalue weighted by atomic mass is 16.5. The molecule has 5 heteroatoms. The van der Waals surface area contributed by atoms with Crippen LogP contribution in [0.1, 0.15) is 19.8 Å².